The number of pyridine rings is 1. The van der Waals surface area contributed by atoms with Gasteiger partial charge in [-0.15, -0.1) is 11.3 Å². The zero-order valence-corrected chi connectivity index (χ0v) is 13.0. The van der Waals surface area contributed by atoms with Crippen molar-refractivity contribution < 1.29 is 13.2 Å². The summed E-state index contributed by atoms with van der Waals surface area (Å²) in [5.74, 6) is -0.142. The van der Waals surface area contributed by atoms with Gasteiger partial charge in [0.25, 0.3) is 0 Å². The fourth-order valence-electron chi connectivity index (χ4n) is 1.80. The topological polar surface area (TPSA) is 24.9 Å². The maximum Gasteiger partial charge on any atom is 0.419 e. The smallest absolute Gasteiger partial charge is 0.365 e. The number of anilines is 1. The third kappa shape index (κ3) is 3.52. The molecule has 0 aliphatic heterocycles. The van der Waals surface area contributed by atoms with Crippen LogP contribution in [0.5, 0.6) is 0 Å². The summed E-state index contributed by atoms with van der Waals surface area (Å²) in [5, 5.41) is 4.72. The molecule has 0 radical (unpaired) electrons. The van der Waals surface area contributed by atoms with Gasteiger partial charge in [0.2, 0.25) is 0 Å². The number of rotatable bonds is 4. The van der Waals surface area contributed by atoms with Gasteiger partial charge in [-0.2, -0.15) is 13.2 Å². The van der Waals surface area contributed by atoms with Crippen molar-refractivity contribution in [1.82, 2.24) is 4.98 Å². The quantitative estimate of drug-likeness (QED) is 0.816. The third-order valence-corrected chi connectivity index (χ3v) is 4.19. The molecule has 0 aliphatic carbocycles. The molecule has 0 saturated carbocycles. The summed E-state index contributed by atoms with van der Waals surface area (Å²) < 4.78 is 39.1. The summed E-state index contributed by atoms with van der Waals surface area (Å²) in [7, 11) is 0. The van der Waals surface area contributed by atoms with Crippen molar-refractivity contribution in [3.8, 4) is 0 Å². The lowest BCUT2D eigenvalue weighted by molar-refractivity contribution is -0.137. The number of halogens is 4. The highest BCUT2D eigenvalue weighted by Crippen LogP contribution is 2.35. The fraction of sp³-hybridized carbons (Fsp3) is 0.308. The molecular formula is C13H12BrF3N2S. The predicted molar refractivity (Wildman–Crippen MR) is 78.0 cm³/mol. The number of thiophene rings is 1. The molecule has 2 nitrogen and oxygen atoms in total. The van der Waals surface area contributed by atoms with E-state index in [4.69, 9.17) is 0 Å². The fourth-order valence-corrected chi connectivity index (χ4v) is 3.04. The molecule has 0 bridgehead atoms. The predicted octanol–water partition coefficient (Wildman–Crippen LogP) is 5.10. The summed E-state index contributed by atoms with van der Waals surface area (Å²) >= 11 is 4.54. The van der Waals surface area contributed by atoms with E-state index in [0.717, 1.165) is 22.9 Å². The number of nitrogens with zero attached hydrogens (tertiary/aromatic N) is 1. The van der Waals surface area contributed by atoms with E-state index >= 15 is 0 Å². The Morgan fingerprint density at radius 2 is 2.15 bits per heavy atom. The monoisotopic (exact) mass is 364 g/mol. The zero-order valence-electron chi connectivity index (χ0n) is 10.6. The van der Waals surface area contributed by atoms with Crippen molar-refractivity contribution in [2.24, 2.45) is 0 Å². The summed E-state index contributed by atoms with van der Waals surface area (Å²) in [6.07, 6.45) is -2.21. The maximum atomic E-state index is 12.9. The summed E-state index contributed by atoms with van der Waals surface area (Å²) in [6.45, 7) is 2.36. The Hall–Kier alpha value is -1.08. The van der Waals surface area contributed by atoms with Crippen LogP contribution in [0.3, 0.4) is 0 Å². The lowest BCUT2D eigenvalue weighted by Crippen LogP contribution is -2.12. The number of aromatic nitrogens is 1. The molecule has 0 unspecified atom stereocenters. The van der Waals surface area contributed by atoms with Gasteiger partial charge in [-0.05, 0) is 45.4 Å². The van der Waals surface area contributed by atoms with Crippen molar-refractivity contribution in [3.63, 3.8) is 0 Å². The minimum absolute atomic E-state index is 0.142. The van der Waals surface area contributed by atoms with Crippen LogP contribution in [-0.2, 0) is 19.1 Å². The minimum atomic E-state index is -4.43. The Balaban J connectivity index is 2.22. The molecule has 0 aliphatic rings. The van der Waals surface area contributed by atoms with Gasteiger partial charge in [0.15, 0.2) is 0 Å². The lowest BCUT2D eigenvalue weighted by atomic mass is 10.2. The summed E-state index contributed by atoms with van der Waals surface area (Å²) in [6, 6.07) is 3.02. The maximum absolute atomic E-state index is 12.9. The van der Waals surface area contributed by atoms with Crippen LogP contribution in [0.1, 0.15) is 22.9 Å². The van der Waals surface area contributed by atoms with Crippen LogP contribution in [0.2, 0.25) is 0 Å². The van der Waals surface area contributed by atoms with E-state index in [0.29, 0.717) is 11.0 Å². The molecule has 1 N–H and O–H groups in total. The van der Waals surface area contributed by atoms with E-state index in [2.05, 4.69) is 26.2 Å². The first-order chi connectivity index (χ1) is 9.41. The van der Waals surface area contributed by atoms with E-state index in [1.807, 2.05) is 18.4 Å². The molecule has 2 rings (SSSR count). The Morgan fingerprint density at radius 3 is 2.80 bits per heavy atom. The van der Waals surface area contributed by atoms with E-state index < -0.39 is 11.7 Å². The van der Waals surface area contributed by atoms with Gasteiger partial charge in [-0.1, -0.05) is 6.92 Å². The second-order valence-corrected chi connectivity index (χ2v) is 6.04. The van der Waals surface area contributed by atoms with Crippen molar-refractivity contribution in [1.29, 1.82) is 0 Å². The average Bonchev–Trinajstić information content (AvgIpc) is 2.83. The zero-order chi connectivity index (χ0) is 14.8. The van der Waals surface area contributed by atoms with Crippen LogP contribution in [-0.4, -0.2) is 4.98 Å². The number of hydrogen-bond donors (Lipinski definition) is 1. The molecule has 0 fully saturated rings. The van der Waals surface area contributed by atoms with E-state index in [1.165, 1.54) is 17.5 Å². The Kier molecular flexibility index (Phi) is 4.70. The first-order valence-electron chi connectivity index (χ1n) is 5.93. The molecule has 2 heterocycles. The summed E-state index contributed by atoms with van der Waals surface area (Å²) in [5.41, 5.74) is 0.384. The molecule has 0 aromatic carbocycles. The Bertz CT molecular complexity index is 596. The Labute approximate surface area is 127 Å². The Morgan fingerprint density at radius 1 is 1.40 bits per heavy atom. The van der Waals surface area contributed by atoms with Crippen molar-refractivity contribution in [2.75, 3.05) is 5.32 Å². The molecule has 20 heavy (non-hydrogen) atoms. The second kappa shape index (κ2) is 6.13. The highest BCUT2D eigenvalue weighted by atomic mass is 79.9. The number of alkyl halides is 3. The first kappa shape index (κ1) is 15.3. The number of hydrogen-bond acceptors (Lipinski definition) is 3. The van der Waals surface area contributed by atoms with Crippen LogP contribution in [0.4, 0.5) is 19.0 Å². The van der Waals surface area contributed by atoms with Gasteiger partial charge >= 0.3 is 6.18 Å². The minimum Gasteiger partial charge on any atom is -0.365 e. The van der Waals surface area contributed by atoms with Crippen LogP contribution in [0.25, 0.3) is 0 Å². The van der Waals surface area contributed by atoms with Crippen molar-refractivity contribution in [2.45, 2.75) is 26.1 Å². The molecule has 0 saturated heterocycles. The highest BCUT2D eigenvalue weighted by Gasteiger charge is 2.34. The molecule has 2 aromatic heterocycles. The van der Waals surface area contributed by atoms with Crippen molar-refractivity contribution >= 4 is 33.1 Å². The standard InChI is InChI=1S/C13H12BrF3N2S/c1-2-8-3-4-20-11(8)7-19-12-10(13(15,16)17)5-9(14)6-18-12/h3-6H,2,7H2,1H3,(H,18,19). The van der Waals surface area contributed by atoms with Crippen LogP contribution < -0.4 is 5.32 Å². The molecular weight excluding hydrogens is 353 g/mol. The molecule has 0 amide bonds. The third-order valence-electron chi connectivity index (χ3n) is 2.79. The normalized spacial score (nSPS) is 11.7. The van der Waals surface area contributed by atoms with Crippen LogP contribution >= 0.6 is 27.3 Å². The molecule has 0 spiro atoms. The van der Waals surface area contributed by atoms with E-state index in [9.17, 15) is 13.2 Å². The summed E-state index contributed by atoms with van der Waals surface area (Å²) in [4.78, 5) is 4.86. The van der Waals surface area contributed by atoms with E-state index in [1.54, 1.807) is 0 Å². The number of nitrogens with one attached hydrogen (secondary N) is 1. The number of aryl methyl sites for hydroxylation is 1. The van der Waals surface area contributed by atoms with E-state index in [-0.39, 0.29) is 5.82 Å². The highest BCUT2D eigenvalue weighted by molar-refractivity contribution is 9.10. The van der Waals surface area contributed by atoms with Gasteiger partial charge < -0.3 is 5.32 Å². The molecule has 7 heteroatoms. The van der Waals surface area contributed by atoms with Gasteiger partial charge in [0, 0.05) is 15.5 Å². The lowest BCUT2D eigenvalue weighted by Gasteiger charge is -2.13. The van der Waals surface area contributed by atoms with Gasteiger partial charge in [0.1, 0.15) is 5.82 Å². The van der Waals surface area contributed by atoms with Crippen LogP contribution in [0.15, 0.2) is 28.2 Å². The van der Waals surface area contributed by atoms with Crippen molar-refractivity contribution in [3.05, 3.63) is 44.2 Å². The SMILES string of the molecule is CCc1ccsc1CNc1ncc(Br)cc1C(F)(F)F. The average molecular weight is 365 g/mol. The van der Waals surface area contributed by atoms with Crippen LogP contribution in [0, 0.1) is 0 Å². The first-order valence-corrected chi connectivity index (χ1v) is 7.61. The van der Waals surface area contributed by atoms with Gasteiger partial charge in [0.05, 0.1) is 12.1 Å². The second-order valence-electron chi connectivity index (χ2n) is 4.12. The molecule has 0 atom stereocenters. The molecule has 2 aromatic rings. The van der Waals surface area contributed by atoms with Gasteiger partial charge in [-0.3, -0.25) is 0 Å². The largest absolute Gasteiger partial charge is 0.419 e. The molecule has 108 valence electrons. The van der Waals surface area contributed by atoms with Gasteiger partial charge in [-0.25, -0.2) is 4.98 Å².